The first kappa shape index (κ1) is 25.0. The van der Waals surface area contributed by atoms with Gasteiger partial charge in [-0.3, -0.25) is 4.79 Å². The molecule has 0 aromatic heterocycles. The number of benzene rings is 2. The third-order valence-corrected chi connectivity index (χ3v) is 8.69. The first-order chi connectivity index (χ1) is 14.9. The molecule has 0 bridgehead atoms. The number of Topliss-reactive ketones (excluding diaryl/α,β-unsaturated/α-hetero) is 1. The molecule has 6 heteroatoms. The van der Waals surface area contributed by atoms with Gasteiger partial charge in [-0.1, -0.05) is 57.0 Å². The summed E-state index contributed by atoms with van der Waals surface area (Å²) in [5, 5.41) is 10.7. The lowest BCUT2D eigenvalue weighted by atomic mass is 9.98. The average Bonchev–Trinajstić information content (AvgIpc) is 2.78. The Morgan fingerprint density at radius 3 is 2.23 bits per heavy atom. The van der Waals surface area contributed by atoms with Crippen molar-refractivity contribution in [1.82, 2.24) is 0 Å². The van der Waals surface area contributed by atoms with E-state index in [2.05, 4.69) is 13.8 Å². The topological polar surface area (TPSA) is 65.0 Å². The number of ketones is 1. The quantitative estimate of drug-likeness (QED) is 0.321. The van der Waals surface area contributed by atoms with Crippen molar-refractivity contribution in [3.05, 3.63) is 53.1 Å². The first-order valence-electron chi connectivity index (χ1n) is 11.0. The predicted octanol–water partition coefficient (Wildman–Crippen LogP) is 5.62. The summed E-state index contributed by atoms with van der Waals surface area (Å²) in [6.07, 6.45) is 1.16. The fourth-order valence-electron chi connectivity index (χ4n) is 3.64. The van der Waals surface area contributed by atoms with Crippen molar-refractivity contribution >= 4 is 14.6 Å². The standard InChI is InChI=1S/C25H35O5Si/c1-6-13-31(14-7-2)15-12-30-21-11-10-20(17-23(21)29-5)25(27)24(26)19-9-8-18(3)22(16-19)28-4/h8-11,16-17,25,27H,6-7,12-15H2,1-5H3. The Hall–Kier alpha value is -2.31. The van der Waals surface area contributed by atoms with Gasteiger partial charge >= 0.3 is 0 Å². The SMILES string of the molecule is CCC[Si](CCC)CCOc1ccc(C(O)C(=O)c2ccc(C)c(OC)c2)cc1OC. The lowest BCUT2D eigenvalue weighted by Gasteiger charge is -2.17. The zero-order chi connectivity index (χ0) is 22.8. The Bertz CT molecular complexity index is 846. The second kappa shape index (κ2) is 12.5. The minimum Gasteiger partial charge on any atom is -0.496 e. The molecule has 2 aromatic carbocycles. The molecule has 1 N–H and O–H groups in total. The van der Waals surface area contributed by atoms with Gasteiger partial charge in [-0.25, -0.2) is 0 Å². The van der Waals surface area contributed by atoms with Gasteiger partial charge in [0, 0.05) is 5.56 Å². The number of carbonyl (C=O) groups is 1. The Morgan fingerprint density at radius 1 is 0.935 bits per heavy atom. The molecular formula is C25H35O5Si. The highest BCUT2D eigenvalue weighted by molar-refractivity contribution is 6.58. The van der Waals surface area contributed by atoms with E-state index in [4.69, 9.17) is 14.2 Å². The highest BCUT2D eigenvalue weighted by Crippen LogP contribution is 2.32. The highest BCUT2D eigenvalue weighted by atomic mass is 28.3. The summed E-state index contributed by atoms with van der Waals surface area (Å²) in [6.45, 7) is 7.04. The molecule has 0 amide bonds. The maximum absolute atomic E-state index is 12.8. The van der Waals surface area contributed by atoms with Gasteiger partial charge in [0.05, 0.1) is 29.6 Å². The van der Waals surface area contributed by atoms with E-state index in [9.17, 15) is 9.90 Å². The summed E-state index contributed by atoms with van der Waals surface area (Å²) in [7, 11) is 2.76. The van der Waals surface area contributed by atoms with Gasteiger partial charge in [0.1, 0.15) is 11.9 Å². The maximum atomic E-state index is 12.8. The Balaban J connectivity index is 2.10. The van der Waals surface area contributed by atoms with Crippen LogP contribution in [0.1, 0.15) is 54.3 Å². The summed E-state index contributed by atoms with van der Waals surface area (Å²) in [5.74, 6) is 1.38. The molecule has 0 heterocycles. The molecule has 0 saturated heterocycles. The molecule has 1 unspecified atom stereocenters. The van der Waals surface area contributed by atoms with E-state index in [-0.39, 0.29) is 14.6 Å². The van der Waals surface area contributed by atoms with Gasteiger partial charge in [-0.05, 0) is 42.3 Å². The van der Waals surface area contributed by atoms with Crippen LogP contribution in [-0.2, 0) is 0 Å². The third-order valence-electron chi connectivity index (χ3n) is 5.36. The van der Waals surface area contributed by atoms with Crippen LogP contribution in [0.4, 0.5) is 0 Å². The number of aliphatic hydroxyl groups is 1. The Morgan fingerprint density at radius 2 is 1.61 bits per heavy atom. The Labute approximate surface area is 188 Å². The van der Waals surface area contributed by atoms with Crippen LogP contribution in [0.2, 0.25) is 18.1 Å². The number of aliphatic hydroxyl groups excluding tert-OH is 1. The smallest absolute Gasteiger partial charge is 0.195 e. The number of methoxy groups -OCH3 is 2. The largest absolute Gasteiger partial charge is 0.496 e. The van der Waals surface area contributed by atoms with Crippen LogP contribution in [0.3, 0.4) is 0 Å². The van der Waals surface area contributed by atoms with Gasteiger partial charge in [-0.2, -0.15) is 0 Å². The van der Waals surface area contributed by atoms with Gasteiger partial charge < -0.3 is 19.3 Å². The van der Waals surface area contributed by atoms with Crippen LogP contribution >= 0.6 is 0 Å². The molecule has 2 rings (SSSR count). The van der Waals surface area contributed by atoms with Crippen LogP contribution < -0.4 is 14.2 Å². The van der Waals surface area contributed by atoms with Gasteiger partial charge in [0.2, 0.25) is 0 Å². The van der Waals surface area contributed by atoms with E-state index in [0.29, 0.717) is 35.0 Å². The number of hydrogen-bond acceptors (Lipinski definition) is 5. The zero-order valence-corrected chi connectivity index (χ0v) is 20.4. The molecule has 1 atom stereocenters. The highest BCUT2D eigenvalue weighted by Gasteiger charge is 2.22. The summed E-state index contributed by atoms with van der Waals surface area (Å²) in [6, 6.07) is 14.1. The molecule has 169 valence electrons. The monoisotopic (exact) mass is 443 g/mol. The van der Waals surface area contributed by atoms with Crippen molar-refractivity contribution in [3.63, 3.8) is 0 Å². The third kappa shape index (κ3) is 6.84. The first-order valence-corrected chi connectivity index (χ1v) is 13.1. The van der Waals surface area contributed by atoms with Crippen molar-refractivity contribution in [3.8, 4) is 17.2 Å². The number of rotatable bonds is 13. The van der Waals surface area contributed by atoms with E-state index < -0.39 is 6.10 Å². The van der Waals surface area contributed by atoms with Gasteiger partial charge in [0.15, 0.2) is 17.3 Å². The van der Waals surface area contributed by atoms with Gasteiger partial charge in [-0.15, -0.1) is 0 Å². The van der Waals surface area contributed by atoms with E-state index in [0.717, 1.165) is 11.6 Å². The zero-order valence-electron chi connectivity index (χ0n) is 19.4. The van der Waals surface area contributed by atoms with E-state index in [1.54, 1.807) is 44.6 Å². The molecule has 0 aliphatic carbocycles. The summed E-state index contributed by atoms with van der Waals surface area (Å²) < 4.78 is 16.7. The lowest BCUT2D eigenvalue weighted by molar-refractivity contribution is 0.0746. The fraction of sp³-hybridized carbons (Fsp3) is 0.480. The minimum absolute atomic E-state index is 0.368. The molecule has 31 heavy (non-hydrogen) atoms. The molecule has 0 saturated carbocycles. The van der Waals surface area contributed by atoms with E-state index >= 15 is 0 Å². The summed E-state index contributed by atoms with van der Waals surface area (Å²) >= 11 is 0. The lowest BCUT2D eigenvalue weighted by Crippen LogP contribution is -2.16. The van der Waals surface area contributed by atoms with Crippen LogP contribution in [-0.4, -0.2) is 40.5 Å². The number of carbonyl (C=O) groups excluding carboxylic acids is 1. The van der Waals surface area contributed by atoms with Crippen LogP contribution in [0.25, 0.3) is 0 Å². The molecular weight excluding hydrogens is 408 g/mol. The molecule has 0 aliphatic rings. The predicted molar refractivity (Wildman–Crippen MR) is 126 cm³/mol. The summed E-state index contributed by atoms with van der Waals surface area (Å²) in [5.41, 5.74) is 1.80. The average molecular weight is 444 g/mol. The molecule has 2 aromatic rings. The van der Waals surface area contributed by atoms with Gasteiger partial charge in [0.25, 0.3) is 0 Å². The van der Waals surface area contributed by atoms with Crippen LogP contribution in [0, 0.1) is 6.92 Å². The van der Waals surface area contributed by atoms with E-state index in [1.807, 2.05) is 13.0 Å². The second-order valence-corrected chi connectivity index (χ2v) is 10.7. The normalized spacial score (nSPS) is 12.0. The van der Waals surface area contributed by atoms with E-state index in [1.165, 1.54) is 24.9 Å². The minimum atomic E-state index is -1.29. The van der Waals surface area contributed by atoms with Crippen molar-refractivity contribution in [2.24, 2.45) is 0 Å². The number of aryl methyl sites for hydroxylation is 1. The van der Waals surface area contributed by atoms with Crippen molar-refractivity contribution in [2.45, 2.75) is 57.8 Å². The number of ether oxygens (including phenoxy) is 3. The Kier molecular flexibility index (Phi) is 10.1. The van der Waals surface area contributed by atoms with Crippen molar-refractivity contribution in [1.29, 1.82) is 0 Å². The van der Waals surface area contributed by atoms with Crippen LogP contribution in [0.15, 0.2) is 36.4 Å². The van der Waals surface area contributed by atoms with Crippen LogP contribution in [0.5, 0.6) is 17.2 Å². The molecule has 1 radical (unpaired) electrons. The molecule has 0 spiro atoms. The molecule has 5 nitrogen and oxygen atoms in total. The fourth-order valence-corrected chi connectivity index (χ4v) is 6.20. The second-order valence-electron chi connectivity index (χ2n) is 7.71. The summed E-state index contributed by atoms with van der Waals surface area (Å²) in [4.78, 5) is 12.8. The number of hydrogen-bond donors (Lipinski definition) is 1. The maximum Gasteiger partial charge on any atom is 0.195 e. The van der Waals surface area contributed by atoms with Crippen molar-refractivity contribution in [2.75, 3.05) is 20.8 Å². The molecule has 0 fully saturated rings. The molecule has 0 aliphatic heterocycles. The van der Waals surface area contributed by atoms with Crippen molar-refractivity contribution < 1.29 is 24.1 Å².